The maximum atomic E-state index is 13.2. The fourth-order valence-corrected chi connectivity index (χ4v) is 4.56. The number of nitrogens with zero attached hydrogens (tertiary/aromatic N) is 2. The monoisotopic (exact) mass is 422 g/mol. The molecule has 0 aliphatic carbocycles. The molecule has 0 unspecified atom stereocenters. The summed E-state index contributed by atoms with van der Waals surface area (Å²) in [7, 11) is -3.69. The zero-order chi connectivity index (χ0) is 19.9. The lowest BCUT2D eigenvalue weighted by Crippen LogP contribution is -2.39. The molecule has 0 N–H and O–H groups in total. The van der Waals surface area contributed by atoms with Crippen LogP contribution in [0.3, 0.4) is 0 Å². The Bertz CT molecular complexity index is 407. The van der Waals surface area contributed by atoms with Crippen LogP contribution >= 0.6 is 7.82 Å². The molecule has 2 fully saturated rings. The van der Waals surface area contributed by atoms with Crippen molar-refractivity contribution in [2.45, 2.75) is 64.7 Å². The van der Waals surface area contributed by atoms with Crippen LogP contribution in [0.2, 0.25) is 0 Å². The van der Waals surface area contributed by atoms with Gasteiger partial charge < -0.3 is 9.47 Å². The quantitative estimate of drug-likeness (QED) is 0.288. The van der Waals surface area contributed by atoms with Crippen molar-refractivity contribution >= 4 is 7.82 Å². The lowest BCUT2D eigenvalue weighted by Gasteiger charge is -2.32. The summed E-state index contributed by atoms with van der Waals surface area (Å²) in [6.07, 6.45) is 11.0. The number of ether oxygens (including phenoxy) is 2. The molecule has 0 aromatic rings. The van der Waals surface area contributed by atoms with E-state index in [1.807, 2.05) is 0 Å². The van der Waals surface area contributed by atoms with Crippen LogP contribution < -0.4 is 0 Å². The van der Waals surface area contributed by atoms with E-state index in [4.69, 9.17) is 23.2 Å². The summed E-state index contributed by atoms with van der Waals surface area (Å²) in [5, 5.41) is 3.25. The zero-order valence-electron chi connectivity index (χ0n) is 17.5. The Labute approximate surface area is 170 Å². The predicted molar refractivity (Wildman–Crippen MR) is 108 cm³/mol. The second-order valence-electron chi connectivity index (χ2n) is 7.35. The highest BCUT2D eigenvalue weighted by Gasteiger charge is 2.35. The topological polar surface area (TPSA) is 69.7 Å². The van der Waals surface area contributed by atoms with Gasteiger partial charge in [0.05, 0.1) is 33.0 Å². The molecule has 28 heavy (non-hydrogen) atoms. The van der Waals surface area contributed by atoms with Crippen molar-refractivity contribution in [3.63, 3.8) is 0 Å². The molecule has 0 spiro atoms. The van der Waals surface area contributed by atoms with Crippen molar-refractivity contribution in [1.29, 1.82) is 0 Å². The summed E-state index contributed by atoms with van der Waals surface area (Å²) in [4.78, 5) is 0. The average molecular weight is 423 g/mol. The molecule has 0 bridgehead atoms. The molecule has 2 rings (SSSR count). The second-order valence-corrected chi connectivity index (χ2v) is 8.83. The van der Waals surface area contributed by atoms with Crippen LogP contribution in [-0.2, 0) is 27.8 Å². The lowest BCUT2D eigenvalue weighted by molar-refractivity contribution is -0.182. The summed E-state index contributed by atoms with van der Waals surface area (Å²) in [6, 6.07) is 0. The molecule has 0 saturated carbocycles. The first-order valence-corrected chi connectivity index (χ1v) is 12.5. The van der Waals surface area contributed by atoms with Gasteiger partial charge in [0.1, 0.15) is 0 Å². The highest BCUT2D eigenvalue weighted by Crippen LogP contribution is 2.51. The minimum atomic E-state index is -3.69. The fraction of sp³-hybridized carbons (Fsp3) is 1.00. The molecule has 9 heteroatoms. The third-order valence-electron chi connectivity index (χ3n) is 4.87. The first-order chi connectivity index (χ1) is 13.7. The van der Waals surface area contributed by atoms with Crippen molar-refractivity contribution in [3.05, 3.63) is 0 Å². The van der Waals surface area contributed by atoms with Crippen molar-refractivity contribution in [3.8, 4) is 0 Å². The largest absolute Gasteiger partial charge is 0.508 e. The molecule has 0 amide bonds. The zero-order valence-corrected chi connectivity index (χ0v) is 18.4. The van der Waals surface area contributed by atoms with Crippen LogP contribution in [-0.4, -0.2) is 69.3 Å². The van der Waals surface area contributed by atoms with Gasteiger partial charge in [0.2, 0.25) is 0 Å². The number of unbranched alkanes of at least 4 members (excludes halogenated alkanes) is 8. The van der Waals surface area contributed by atoms with Gasteiger partial charge in [-0.2, -0.15) is 19.4 Å². The molecular weight excluding hydrogens is 383 g/mol. The standard InChI is InChI=1S/C19H39N2O6P/c1-2-3-4-5-6-7-8-9-10-15-25-28(22,26-20-11-16-23-17-12-20)27-21-13-18-24-19-14-21/h2-19H2,1H3. The normalized spacial score (nSPS) is 19.9. The average Bonchev–Trinajstić information content (AvgIpc) is 2.71. The van der Waals surface area contributed by atoms with E-state index in [0.717, 1.165) is 12.8 Å². The third-order valence-corrected chi connectivity index (χ3v) is 6.23. The molecule has 8 nitrogen and oxygen atoms in total. The Morgan fingerprint density at radius 3 is 1.61 bits per heavy atom. The van der Waals surface area contributed by atoms with Crippen LogP contribution in [0.4, 0.5) is 0 Å². The van der Waals surface area contributed by atoms with E-state index < -0.39 is 7.82 Å². The molecule has 2 aliphatic heterocycles. The Kier molecular flexibility index (Phi) is 12.9. The number of hydrogen-bond donors (Lipinski definition) is 0. The molecular formula is C19H39N2O6P. The molecule has 2 aliphatic rings. The van der Waals surface area contributed by atoms with Gasteiger partial charge in [0.25, 0.3) is 0 Å². The Hall–Kier alpha value is -0.0500. The Morgan fingerprint density at radius 2 is 1.14 bits per heavy atom. The fourth-order valence-electron chi connectivity index (χ4n) is 3.19. The van der Waals surface area contributed by atoms with Crippen molar-refractivity contribution in [1.82, 2.24) is 10.1 Å². The molecule has 166 valence electrons. The van der Waals surface area contributed by atoms with Crippen molar-refractivity contribution < 1.29 is 27.8 Å². The maximum Gasteiger partial charge on any atom is 0.508 e. The first-order valence-electron chi connectivity index (χ1n) is 11.0. The minimum Gasteiger partial charge on any atom is -0.379 e. The van der Waals surface area contributed by atoms with Crippen LogP contribution in [0.5, 0.6) is 0 Å². The SMILES string of the molecule is CCCCCCCCCCCOP(=O)(ON1CCOCC1)ON1CCOCC1. The third kappa shape index (κ3) is 10.6. The minimum absolute atomic E-state index is 0.377. The van der Waals surface area contributed by atoms with Gasteiger partial charge >= 0.3 is 7.82 Å². The van der Waals surface area contributed by atoms with E-state index >= 15 is 0 Å². The van der Waals surface area contributed by atoms with Crippen LogP contribution in [0.15, 0.2) is 0 Å². The van der Waals surface area contributed by atoms with E-state index in [-0.39, 0.29) is 0 Å². The molecule has 0 aromatic carbocycles. The van der Waals surface area contributed by atoms with Gasteiger partial charge in [-0.3, -0.25) is 4.52 Å². The number of phosphoric acid groups is 1. The van der Waals surface area contributed by atoms with Crippen LogP contribution in [0, 0.1) is 0 Å². The first kappa shape index (κ1) is 24.2. The van der Waals surface area contributed by atoms with Gasteiger partial charge in [-0.1, -0.05) is 58.3 Å². The number of rotatable bonds is 15. The van der Waals surface area contributed by atoms with E-state index in [9.17, 15) is 4.57 Å². The van der Waals surface area contributed by atoms with Crippen LogP contribution in [0.25, 0.3) is 0 Å². The molecule has 2 heterocycles. The second kappa shape index (κ2) is 14.9. The Balaban J connectivity index is 1.65. The van der Waals surface area contributed by atoms with Gasteiger partial charge in [-0.25, -0.2) is 4.57 Å². The smallest absolute Gasteiger partial charge is 0.379 e. The summed E-state index contributed by atoms with van der Waals surface area (Å²) in [5.74, 6) is 0. The lowest BCUT2D eigenvalue weighted by atomic mass is 10.1. The summed E-state index contributed by atoms with van der Waals surface area (Å²) in [6.45, 7) is 7.04. The van der Waals surface area contributed by atoms with Crippen molar-refractivity contribution in [2.24, 2.45) is 0 Å². The summed E-state index contributed by atoms with van der Waals surface area (Å²) in [5.41, 5.74) is 0. The molecule has 0 radical (unpaired) electrons. The molecule has 2 saturated heterocycles. The van der Waals surface area contributed by atoms with Crippen LogP contribution in [0.1, 0.15) is 64.7 Å². The summed E-state index contributed by atoms with van der Waals surface area (Å²) < 4.78 is 40.7. The van der Waals surface area contributed by atoms with Gasteiger partial charge in [0.15, 0.2) is 0 Å². The molecule has 0 atom stereocenters. The van der Waals surface area contributed by atoms with Gasteiger partial charge in [-0.05, 0) is 6.42 Å². The summed E-state index contributed by atoms with van der Waals surface area (Å²) >= 11 is 0. The van der Waals surface area contributed by atoms with Gasteiger partial charge in [0, 0.05) is 26.2 Å². The van der Waals surface area contributed by atoms with Crippen molar-refractivity contribution in [2.75, 3.05) is 59.2 Å². The van der Waals surface area contributed by atoms with E-state index in [0.29, 0.717) is 59.2 Å². The van der Waals surface area contributed by atoms with E-state index in [2.05, 4.69) is 6.92 Å². The predicted octanol–water partition coefficient (Wildman–Crippen LogP) is 4.17. The van der Waals surface area contributed by atoms with E-state index in [1.165, 1.54) is 44.9 Å². The highest BCUT2D eigenvalue weighted by molar-refractivity contribution is 7.48. The van der Waals surface area contributed by atoms with Gasteiger partial charge in [-0.15, -0.1) is 0 Å². The number of hydroxylamine groups is 4. The highest BCUT2D eigenvalue weighted by atomic mass is 31.2. The number of hydrogen-bond acceptors (Lipinski definition) is 8. The molecule has 0 aromatic heterocycles. The van der Waals surface area contributed by atoms with E-state index in [1.54, 1.807) is 10.1 Å². The maximum absolute atomic E-state index is 13.2. The Morgan fingerprint density at radius 1 is 0.714 bits per heavy atom. The number of morpholine rings is 2.